The van der Waals surface area contributed by atoms with Crippen LogP contribution < -0.4 is 0 Å². The lowest BCUT2D eigenvalue weighted by atomic mass is 9.72. The van der Waals surface area contributed by atoms with Crippen LogP contribution in [-0.4, -0.2) is 94.1 Å². The molecule has 0 aromatic heterocycles. The molecule has 3 rings (SSSR count). The van der Waals surface area contributed by atoms with Crippen LogP contribution in [0.5, 0.6) is 0 Å². The molecule has 0 N–H and O–H groups in total. The molecule has 1 unspecified atom stereocenters. The lowest BCUT2D eigenvalue weighted by molar-refractivity contribution is -0.140. The molecule has 0 fully saturated rings. The summed E-state index contributed by atoms with van der Waals surface area (Å²) in [7, 11) is 5.61. The fourth-order valence-corrected chi connectivity index (χ4v) is 8.64. The van der Waals surface area contributed by atoms with Crippen molar-refractivity contribution in [1.29, 1.82) is 31.6 Å². The van der Waals surface area contributed by atoms with E-state index in [1.54, 1.807) is 0 Å². The number of likely N-dealkylation sites (N-methyl/N-ethyl adjacent to an activating group) is 3. The second-order valence-electron chi connectivity index (χ2n) is 19.3. The van der Waals surface area contributed by atoms with Gasteiger partial charge in [0.15, 0.2) is 5.70 Å². The minimum Gasteiger partial charge on any atom is -0.385 e. The fourth-order valence-electron chi connectivity index (χ4n) is 8.64. The van der Waals surface area contributed by atoms with Gasteiger partial charge in [0, 0.05) is 63.4 Å². The summed E-state index contributed by atoms with van der Waals surface area (Å²) in [4.78, 5) is 16.5. The maximum absolute atomic E-state index is 10.2. The Morgan fingerprint density at radius 2 is 0.985 bits per heavy atom. The smallest absolute Gasteiger partial charge is 0.266 e. The molecule has 0 amide bonds. The van der Waals surface area contributed by atoms with Gasteiger partial charge in [0.05, 0.1) is 82.1 Å². The molecule has 0 bridgehead atoms. The first-order valence-corrected chi connectivity index (χ1v) is 21.6. The van der Waals surface area contributed by atoms with E-state index >= 15 is 0 Å². The summed E-state index contributed by atoms with van der Waals surface area (Å²) >= 11 is 0. The van der Waals surface area contributed by atoms with E-state index < -0.39 is 5.60 Å². The van der Waals surface area contributed by atoms with E-state index in [2.05, 4.69) is 54.4 Å². The van der Waals surface area contributed by atoms with Crippen LogP contribution >= 0.6 is 0 Å². The average molecular weight is 877 g/mol. The third-order valence-electron chi connectivity index (χ3n) is 12.2. The van der Waals surface area contributed by atoms with Gasteiger partial charge < -0.3 is 28.9 Å². The van der Waals surface area contributed by atoms with Crippen LogP contribution in [-0.2, 0) is 14.2 Å². The quantitative estimate of drug-likeness (QED) is 0.0723. The third-order valence-corrected chi connectivity index (χ3v) is 12.2. The number of rotatable bonds is 18. The number of ether oxygens (including phenoxy) is 3. The third kappa shape index (κ3) is 13.1. The molecule has 65 heavy (non-hydrogen) atoms. The van der Waals surface area contributed by atoms with Crippen LogP contribution in [0.1, 0.15) is 93.4 Å². The molecule has 0 aromatic carbocycles. The Hall–Kier alpha value is -6.87. The summed E-state index contributed by atoms with van der Waals surface area (Å²) in [6.45, 7) is 39.7. The minimum absolute atomic E-state index is 0.0567. The van der Waals surface area contributed by atoms with Gasteiger partial charge in [-0.1, -0.05) is 48.5 Å². The largest absolute Gasteiger partial charge is 0.385 e. The predicted octanol–water partition coefficient (Wildman–Crippen LogP) is 8.86. The highest BCUT2D eigenvalue weighted by Gasteiger charge is 2.38. The van der Waals surface area contributed by atoms with E-state index in [-0.39, 0.29) is 66.2 Å². The monoisotopic (exact) mass is 876 g/mol. The first-order chi connectivity index (χ1) is 30.7. The molecular weight excluding hydrogens is 817 g/mol. The van der Waals surface area contributed by atoms with E-state index in [9.17, 15) is 31.6 Å². The predicted molar refractivity (Wildman–Crippen MR) is 243 cm³/mol. The molecular formula is C50H60N12O3. The molecule has 3 aliphatic carbocycles. The van der Waals surface area contributed by atoms with Gasteiger partial charge in [0.2, 0.25) is 0 Å². The number of hydrogen-bond acceptors (Lipinski definition) is 12. The molecule has 0 saturated heterocycles. The number of nitriles is 6. The first-order valence-electron chi connectivity index (χ1n) is 21.6. The van der Waals surface area contributed by atoms with Gasteiger partial charge in [-0.25, -0.2) is 25.1 Å². The summed E-state index contributed by atoms with van der Waals surface area (Å²) < 4.78 is 19.4. The van der Waals surface area contributed by atoms with Crippen molar-refractivity contribution in [3.8, 4) is 36.4 Å². The van der Waals surface area contributed by atoms with E-state index in [1.807, 2.05) is 80.9 Å². The van der Waals surface area contributed by atoms with E-state index in [1.165, 1.54) is 0 Å². The van der Waals surface area contributed by atoms with Gasteiger partial charge in [-0.2, -0.15) is 21.0 Å². The normalized spacial score (nSPS) is 19.8. The number of nitrogens with zero attached hydrogens (tertiary/aromatic N) is 12. The van der Waals surface area contributed by atoms with E-state index in [4.69, 9.17) is 33.9 Å². The van der Waals surface area contributed by atoms with Crippen molar-refractivity contribution in [2.24, 2.45) is 16.2 Å². The molecule has 15 nitrogen and oxygen atoms in total. The summed E-state index contributed by atoms with van der Waals surface area (Å²) in [5.41, 5.74) is 2.67. The Morgan fingerprint density at radius 3 is 1.40 bits per heavy atom. The lowest BCUT2D eigenvalue weighted by Gasteiger charge is -2.39. The molecule has 0 heterocycles. The maximum atomic E-state index is 10.2. The summed E-state index contributed by atoms with van der Waals surface area (Å²) in [5.74, 6) is 0. The highest BCUT2D eigenvalue weighted by Crippen LogP contribution is 2.46. The second-order valence-corrected chi connectivity index (χ2v) is 19.3. The Labute approximate surface area is 386 Å². The summed E-state index contributed by atoms with van der Waals surface area (Å²) in [6, 6.07) is 12.4. The van der Waals surface area contributed by atoms with Crippen LogP contribution in [0.2, 0.25) is 0 Å². The fraction of sp³-hybridized carbons (Fsp3) is 0.580. The zero-order valence-corrected chi connectivity index (χ0v) is 39.7. The Balaban J connectivity index is 1.89. The van der Waals surface area contributed by atoms with Gasteiger partial charge in [-0.15, -0.1) is 0 Å². The van der Waals surface area contributed by atoms with Crippen molar-refractivity contribution in [3.63, 3.8) is 0 Å². The molecule has 0 saturated carbocycles. The van der Waals surface area contributed by atoms with Crippen molar-refractivity contribution in [2.45, 2.75) is 99.0 Å². The Bertz CT molecular complexity index is 2290. The Kier molecular flexibility index (Phi) is 18.3. The molecule has 3 aliphatic rings. The number of allylic oxidation sites excluding steroid dienone is 11. The van der Waals surface area contributed by atoms with Gasteiger partial charge in [0.1, 0.15) is 29.4 Å². The van der Waals surface area contributed by atoms with Gasteiger partial charge in [-0.3, -0.25) is 0 Å². The van der Waals surface area contributed by atoms with Gasteiger partial charge in [-0.05, 0) is 72.3 Å². The van der Waals surface area contributed by atoms with Crippen molar-refractivity contribution in [1.82, 2.24) is 14.7 Å². The van der Waals surface area contributed by atoms with Gasteiger partial charge >= 0.3 is 0 Å². The van der Waals surface area contributed by atoms with E-state index in [0.717, 1.165) is 17.1 Å². The molecule has 0 spiro atoms. The van der Waals surface area contributed by atoms with Gasteiger partial charge in [0.25, 0.3) is 11.4 Å². The minimum atomic E-state index is -0.921. The van der Waals surface area contributed by atoms with Crippen molar-refractivity contribution >= 4 is 0 Å². The molecule has 0 aromatic rings. The lowest BCUT2D eigenvalue weighted by Crippen LogP contribution is -2.45. The molecule has 0 aliphatic heterocycles. The first kappa shape index (κ1) is 52.5. The second kappa shape index (κ2) is 22.7. The molecule has 338 valence electrons. The summed E-state index contributed by atoms with van der Waals surface area (Å²) in [5, 5.41) is 59.1. The van der Waals surface area contributed by atoms with E-state index in [0.29, 0.717) is 98.1 Å². The van der Waals surface area contributed by atoms with Crippen molar-refractivity contribution < 1.29 is 14.2 Å². The summed E-state index contributed by atoms with van der Waals surface area (Å²) in [6.07, 6.45) is 3.57. The SMILES string of the molecule is [C-]#[N+]C1=C(N(C)CCOC(CC)(COCCN(C)C2=C(C#N)C(=C(C#N)C#N)CC(C)(C)C2)COCCN(C)C2=C(C#N)/C(=C(\C#N)[N+]#[C-])CC(C)(C)C2)CC(C)(C)C/C1=C(\C#N)[N+]#[C-]. The van der Waals surface area contributed by atoms with Crippen LogP contribution in [0, 0.1) is 104 Å². The number of hydrogen-bond donors (Lipinski definition) is 0. The van der Waals surface area contributed by atoms with Crippen LogP contribution in [0.25, 0.3) is 14.5 Å². The topological polar surface area (TPSA) is 193 Å². The van der Waals surface area contributed by atoms with Crippen molar-refractivity contribution in [3.05, 3.63) is 102 Å². The van der Waals surface area contributed by atoms with Crippen LogP contribution in [0.4, 0.5) is 0 Å². The molecule has 0 radical (unpaired) electrons. The highest BCUT2D eigenvalue weighted by atomic mass is 16.6. The van der Waals surface area contributed by atoms with Crippen LogP contribution in [0.3, 0.4) is 0 Å². The molecule has 1 atom stereocenters. The molecule has 15 heteroatoms. The highest BCUT2D eigenvalue weighted by molar-refractivity contribution is 5.58. The van der Waals surface area contributed by atoms with Crippen LogP contribution in [0.15, 0.2) is 67.6 Å². The zero-order chi connectivity index (χ0) is 48.8. The van der Waals surface area contributed by atoms with Crippen molar-refractivity contribution in [2.75, 3.05) is 73.8 Å². The Morgan fingerprint density at radius 1 is 0.585 bits per heavy atom. The average Bonchev–Trinajstić information content (AvgIpc) is 3.26. The maximum Gasteiger partial charge on any atom is 0.266 e. The standard InChI is InChI=1S/C50H60N12O3/c1-14-50(65-20-17-62(13)45-26-49(6,7)23-38(46(45)59-10)42(32-56)58-9,33-63-18-15-60(11)43-24-47(2,3)21-36(39(43)29-53)35(27-51)28-52)34-64-19-16-61(12)44-25-48(4,5)22-37(40(44)30-54)41(31-55)57-8/h14-26,33-34H2,1-7,11-13H3/b41-37+,42-38-. The zero-order valence-electron chi connectivity index (χ0n) is 39.7.